The first-order chi connectivity index (χ1) is 31.2. The third kappa shape index (κ3) is 14.9. The Labute approximate surface area is 377 Å². The van der Waals surface area contributed by atoms with Gasteiger partial charge in [-0.05, 0) is 81.5 Å². The summed E-state index contributed by atoms with van der Waals surface area (Å²) < 4.78 is 5.78. The molecule has 0 radical (unpaired) electrons. The Hall–Kier alpha value is -7.25. The average Bonchev–Trinajstić information content (AvgIpc) is 3.96. The van der Waals surface area contributed by atoms with Crippen LogP contribution in [0.2, 0.25) is 0 Å². The molecule has 13 N–H and O–H groups in total. The summed E-state index contributed by atoms with van der Waals surface area (Å²) in [6.07, 6.45) is 6.27. The first-order valence-electron chi connectivity index (χ1n) is 21.6. The third-order valence-electron chi connectivity index (χ3n) is 10.4. The number of carbonyl (C=O) groups is 6. The molecular formula is C46H60N12O7. The zero-order chi connectivity index (χ0) is 46.9. The van der Waals surface area contributed by atoms with E-state index in [1.807, 2.05) is 44.2 Å². The van der Waals surface area contributed by atoms with E-state index in [-0.39, 0.29) is 38.3 Å². The van der Waals surface area contributed by atoms with Crippen molar-refractivity contribution in [1.82, 2.24) is 46.7 Å². The van der Waals surface area contributed by atoms with Crippen LogP contribution in [0.1, 0.15) is 62.4 Å². The molecule has 5 aromatic rings. The number of unbranched alkanes of at least 4 members (excludes halogenated alkanes) is 1. The van der Waals surface area contributed by atoms with E-state index < -0.39 is 65.8 Å². The van der Waals surface area contributed by atoms with E-state index >= 15 is 0 Å². The maximum Gasteiger partial charge on any atom is 0.337 e. The molecule has 0 fully saturated rings. The number of primary amides is 1. The van der Waals surface area contributed by atoms with E-state index in [0.717, 1.165) is 21.5 Å². The summed E-state index contributed by atoms with van der Waals surface area (Å²) in [5.41, 5.74) is 23.6. The lowest BCUT2D eigenvalue weighted by Gasteiger charge is -2.29. The summed E-state index contributed by atoms with van der Waals surface area (Å²) in [5, 5.41) is 12.7. The number of nitrogens with one attached hydrogen (secondary N) is 7. The van der Waals surface area contributed by atoms with E-state index in [9.17, 15) is 28.8 Å². The van der Waals surface area contributed by atoms with Crippen molar-refractivity contribution in [2.24, 2.45) is 17.2 Å². The molecule has 0 unspecified atom stereocenters. The van der Waals surface area contributed by atoms with Gasteiger partial charge in [0.25, 0.3) is 5.91 Å². The van der Waals surface area contributed by atoms with Crippen LogP contribution in [-0.2, 0) is 49.8 Å². The van der Waals surface area contributed by atoms with Gasteiger partial charge in [-0.2, -0.15) is 0 Å². The second kappa shape index (κ2) is 24.0. The summed E-state index contributed by atoms with van der Waals surface area (Å²) in [6, 6.07) is 16.7. The lowest BCUT2D eigenvalue weighted by Crippen LogP contribution is -2.60. The number of hydrogen-bond donors (Lipinski definition) is 10. The highest BCUT2D eigenvalue weighted by Gasteiger charge is 2.31. The Kier molecular flexibility index (Phi) is 18.0. The van der Waals surface area contributed by atoms with Crippen LogP contribution in [0.15, 0.2) is 97.6 Å². The minimum absolute atomic E-state index is 0.0251. The lowest BCUT2D eigenvalue weighted by molar-refractivity contribution is -0.133. The van der Waals surface area contributed by atoms with Crippen LogP contribution >= 0.6 is 0 Å². The molecular weight excluding hydrogens is 833 g/mol. The third-order valence-corrected chi connectivity index (χ3v) is 10.4. The topological polar surface area (TPSA) is 298 Å². The fraction of sp³-hybridized carbons (Fsp3) is 0.370. The number of para-hydroxylation sites is 1. The number of rotatable bonds is 23. The number of aromatic amines is 2. The number of amides is 7. The SMILES string of the molecule is CC(C)Oc1ccc(CN(NC(=O)[C@H](C)NC(=O)[C@@H](Cc2c[nH]c3ccccc23)NC(=O)[C@@H](N)Cc2cnc[nH]2)C(=O)N[C@H](Cc2ccccc2)C(=O)N[C@@H](CCCCN)C(N)=O)cc1. The monoisotopic (exact) mass is 892 g/mol. The number of hydrazine groups is 1. The molecule has 0 aliphatic carbocycles. The van der Waals surface area contributed by atoms with Crippen LogP contribution in [0, 0.1) is 0 Å². The van der Waals surface area contributed by atoms with Gasteiger partial charge < -0.3 is 53.2 Å². The van der Waals surface area contributed by atoms with Crippen molar-refractivity contribution < 1.29 is 33.5 Å². The van der Waals surface area contributed by atoms with Crippen LogP contribution in [-0.4, -0.2) is 98.4 Å². The maximum atomic E-state index is 14.3. The molecule has 0 saturated carbocycles. The number of nitrogens with zero attached hydrogens (tertiary/aromatic N) is 2. The second-order valence-electron chi connectivity index (χ2n) is 16.1. The Morgan fingerprint density at radius 3 is 2.08 bits per heavy atom. The standard InChI is InChI=1S/C46H60N12O7/c1-28(2)65-34-18-16-31(17-19-34)26-58(46(64)56-39(21-30-11-5-4-6-12-30)45(63)54-38(41(49)59)15-9-10-20-47)57-42(60)29(3)53-44(62)40(22-32-24-51-37-14-8-7-13-35(32)37)55-43(61)36(48)23-33-25-50-27-52-33/h4-8,11-14,16-19,24-25,27-29,36,38-40,51H,9-10,15,20-23,26,47-48H2,1-3H3,(H2,49,59)(H,50,52)(H,53,62)(H,54,63)(H,55,61)(H,56,64)(H,57,60)/t29-,36-,38-,39+,40+/m0/s1. The number of carbonyl (C=O) groups excluding carboxylic acids is 6. The number of hydrogen-bond acceptors (Lipinski definition) is 10. The summed E-state index contributed by atoms with van der Waals surface area (Å²) in [4.78, 5) is 92.1. The van der Waals surface area contributed by atoms with Gasteiger partial charge in [-0.1, -0.05) is 60.7 Å². The van der Waals surface area contributed by atoms with Crippen molar-refractivity contribution in [3.8, 4) is 5.75 Å². The number of ether oxygens (including phenoxy) is 1. The van der Waals surface area contributed by atoms with Gasteiger partial charge >= 0.3 is 6.03 Å². The molecule has 5 atom stereocenters. The van der Waals surface area contributed by atoms with E-state index in [1.54, 1.807) is 60.9 Å². The quantitative estimate of drug-likeness (QED) is 0.0335. The highest BCUT2D eigenvalue weighted by Crippen LogP contribution is 2.20. The zero-order valence-electron chi connectivity index (χ0n) is 36.8. The van der Waals surface area contributed by atoms with Gasteiger partial charge in [0.2, 0.25) is 23.6 Å². The Bertz CT molecular complexity index is 2340. The Balaban J connectivity index is 1.36. The molecule has 0 aliphatic heterocycles. The molecule has 2 heterocycles. The highest BCUT2D eigenvalue weighted by atomic mass is 16.5. The van der Waals surface area contributed by atoms with Crippen molar-refractivity contribution in [3.63, 3.8) is 0 Å². The normalized spacial score (nSPS) is 13.4. The second-order valence-corrected chi connectivity index (χ2v) is 16.1. The number of fused-ring (bicyclic) bond motifs is 1. The molecule has 65 heavy (non-hydrogen) atoms. The van der Waals surface area contributed by atoms with E-state index in [0.29, 0.717) is 42.0 Å². The largest absolute Gasteiger partial charge is 0.491 e. The van der Waals surface area contributed by atoms with Gasteiger partial charge in [-0.25, -0.2) is 14.8 Å². The average molecular weight is 893 g/mol. The molecule has 7 amide bonds. The van der Waals surface area contributed by atoms with Crippen molar-refractivity contribution in [3.05, 3.63) is 120 Å². The van der Waals surface area contributed by atoms with E-state index in [2.05, 4.69) is 41.6 Å². The molecule has 19 heteroatoms. The molecule has 5 rings (SSSR count). The van der Waals surface area contributed by atoms with Crippen LogP contribution in [0.4, 0.5) is 4.79 Å². The summed E-state index contributed by atoms with van der Waals surface area (Å²) >= 11 is 0. The Morgan fingerprint density at radius 2 is 1.40 bits per heavy atom. The smallest absolute Gasteiger partial charge is 0.337 e. The van der Waals surface area contributed by atoms with Gasteiger partial charge in [0.1, 0.15) is 29.9 Å². The molecule has 0 aliphatic rings. The first-order valence-corrected chi connectivity index (χ1v) is 21.6. The highest BCUT2D eigenvalue weighted by molar-refractivity contribution is 5.95. The molecule has 0 spiro atoms. The van der Waals surface area contributed by atoms with Gasteiger partial charge in [-0.15, -0.1) is 0 Å². The lowest BCUT2D eigenvalue weighted by atomic mass is 10.0. The van der Waals surface area contributed by atoms with Crippen LogP contribution in [0.3, 0.4) is 0 Å². The van der Waals surface area contributed by atoms with Crippen molar-refractivity contribution in [2.75, 3.05) is 6.54 Å². The summed E-state index contributed by atoms with van der Waals surface area (Å²) in [6.45, 7) is 5.42. The predicted octanol–water partition coefficient (Wildman–Crippen LogP) is 1.73. The van der Waals surface area contributed by atoms with Crippen molar-refractivity contribution >= 4 is 46.5 Å². The van der Waals surface area contributed by atoms with Crippen LogP contribution in [0.25, 0.3) is 10.9 Å². The zero-order valence-corrected chi connectivity index (χ0v) is 36.8. The minimum atomic E-state index is -1.26. The van der Waals surface area contributed by atoms with Gasteiger partial charge in [0, 0.05) is 48.3 Å². The van der Waals surface area contributed by atoms with E-state index in [1.165, 1.54) is 13.3 Å². The number of benzene rings is 3. The molecule has 346 valence electrons. The summed E-state index contributed by atoms with van der Waals surface area (Å²) in [7, 11) is 0. The number of imidazole rings is 1. The first kappa shape index (κ1) is 48.8. The van der Waals surface area contributed by atoms with Crippen molar-refractivity contribution in [1.29, 1.82) is 0 Å². The minimum Gasteiger partial charge on any atom is -0.491 e. The van der Waals surface area contributed by atoms with Gasteiger partial charge in [-0.3, -0.25) is 29.4 Å². The van der Waals surface area contributed by atoms with Gasteiger partial charge in [0.15, 0.2) is 0 Å². The van der Waals surface area contributed by atoms with E-state index in [4.69, 9.17) is 21.9 Å². The maximum absolute atomic E-state index is 14.3. The van der Waals surface area contributed by atoms with Crippen molar-refractivity contribution in [2.45, 2.75) is 102 Å². The van der Waals surface area contributed by atoms with Crippen LogP contribution in [0.5, 0.6) is 5.75 Å². The fourth-order valence-electron chi connectivity index (χ4n) is 6.97. The number of H-pyrrole nitrogens is 2. The van der Waals surface area contributed by atoms with Crippen LogP contribution < -0.4 is 48.6 Å². The molecule has 19 nitrogen and oxygen atoms in total. The summed E-state index contributed by atoms with van der Waals surface area (Å²) in [5.74, 6) is -2.91. The number of urea groups is 1. The fourth-order valence-corrected chi connectivity index (χ4v) is 6.97. The predicted molar refractivity (Wildman–Crippen MR) is 244 cm³/mol. The number of nitrogens with two attached hydrogens (primary N) is 3. The Morgan fingerprint density at radius 1 is 0.723 bits per heavy atom. The molecule has 3 aromatic carbocycles. The molecule has 0 bridgehead atoms. The van der Waals surface area contributed by atoms with Gasteiger partial charge in [0.05, 0.1) is 25.0 Å². The number of aromatic nitrogens is 3. The molecule has 0 saturated heterocycles. The molecule has 2 aromatic heterocycles.